The Balaban J connectivity index is 1.39. The molecule has 184 valence electrons. The Hall–Kier alpha value is -3.41. The fraction of sp³-hybridized carbons (Fsp3) is 0.208. The van der Waals surface area contributed by atoms with Crippen LogP contribution in [0.25, 0.3) is 0 Å². The molecule has 35 heavy (non-hydrogen) atoms. The van der Waals surface area contributed by atoms with Crippen molar-refractivity contribution in [3.63, 3.8) is 0 Å². The van der Waals surface area contributed by atoms with E-state index < -0.39 is 20.0 Å². The molecule has 1 fully saturated rings. The van der Waals surface area contributed by atoms with E-state index in [2.05, 4.69) is 4.72 Å². The molecule has 0 unspecified atom stereocenters. The van der Waals surface area contributed by atoms with Crippen LogP contribution < -0.4 is 9.46 Å². The van der Waals surface area contributed by atoms with Gasteiger partial charge < -0.3 is 9.64 Å². The summed E-state index contributed by atoms with van der Waals surface area (Å²) in [5.41, 5.74) is 0.769. The number of hydrogen-bond acceptors (Lipinski definition) is 6. The van der Waals surface area contributed by atoms with Gasteiger partial charge in [0, 0.05) is 37.4 Å². The van der Waals surface area contributed by atoms with Crippen LogP contribution in [0.4, 0.5) is 5.69 Å². The number of carbonyl (C=O) groups is 1. The predicted molar refractivity (Wildman–Crippen MR) is 131 cm³/mol. The third-order valence-corrected chi connectivity index (χ3v) is 8.97. The molecule has 11 heteroatoms. The summed E-state index contributed by atoms with van der Waals surface area (Å²) in [6.45, 7) is 0.773. The van der Waals surface area contributed by atoms with Crippen molar-refractivity contribution in [2.45, 2.75) is 9.79 Å². The van der Waals surface area contributed by atoms with Crippen LogP contribution in [0.15, 0.2) is 88.7 Å². The largest absolute Gasteiger partial charge is 0.497 e. The van der Waals surface area contributed by atoms with Crippen LogP contribution in [0.5, 0.6) is 5.75 Å². The number of para-hydroxylation sites is 1. The summed E-state index contributed by atoms with van der Waals surface area (Å²) < 4.78 is 59.9. The third kappa shape index (κ3) is 5.47. The van der Waals surface area contributed by atoms with Crippen molar-refractivity contribution in [1.82, 2.24) is 9.21 Å². The zero-order chi connectivity index (χ0) is 25.1. The molecule has 0 radical (unpaired) electrons. The number of carbonyl (C=O) groups excluding carboxylic acids is 1. The van der Waals surface area contributed by atoms with Gasteiger partial charge in [0.2, 0.25) is 10.0 Å². The van der Waals surface area contributed by atoms with Crippen molar-refractivity contribution >= 4 is 31.6 Å². The first-order chi connectivity index (χ1) is 16.7. The molecule has 0 spiro atoms. The molecule has 4 rings (SSSR count). The van der Waals surface area contributed by atoms with E-state index in [9.17, 15) is 21.6 Å². The molecule has 0 aliphatic carbocycles. The fourth-order valence-electron chi connectivity index (χ4n) is 3.71. The van der Waals surface area contributed by atoms with Gasteiger partial charge in [-0.25, -0.2) is 16.8 Å². The second kappa shape index (κ2) is 10.1. The van der Waals surface area contributed by atoms with E-state index in [4.69, 9.17) is 4.74 Å². The van der Waals surface area contributed by atoms with Crippen LogP contribution in [0.1, 0.15) is 10.4 Å². The Morgan fingerprint density at radius 1 is 0.771 bits per heavy atom. The third-order valence-electron chi connectivity index (χ3n) is 5.66. The molecule has 1 N–H and O–H groups in total. The van der Waals surface area contributed by atoms with Crippen LogP contribution >= 0.6 is 0 Å². The molecule has 1 heterocycles. The number of rotatable bonds is 7. The van der Waals surface area contributed by atoms with Gasteiger partial charge in [0.1, 0.15) is 5.75 Å². The van der Waals surface area contributed by atoms with E-state index in [0.717, 1.165) is 0 Å². The lowest BCUT2D eigenvalue weighted by molar-refractivity contribution is 0.0698. The SMILES string of the molecule is COc1ccc(S(=O)(=O)N2CCN(C(=O)c3ccc(S(=O)(=O)Nc4ccccc4)cc3)CC2)cc1. The Morgan fingerprint density at radius 3 is 1.91 bits per heavy atom. The van der Waals surface area contributed by atoms with Gasteiger partial charge in [0.25, 0.3) is 15.9 Å². The topological polar surface area (TPSA) is 113 Å². The van der Waals surface area contributed by atoms with Crippen molar-refractivity contribution in [2.24, 2.45) is 0 Å². The molecular weight excluding hydrogens is 490 g/mol. The number of ether oxygens (including phenoxy) is 1. The maximum absolute atomic E-state index is 12.9. The lowest BCUT2D eigenvalue weighted by Gasteiger charge is -2.34. The first-order valence-electron chi connectivity index (χ1n) is 10.8. The predicted octanol–water partition coefficient (Wildman–Crippen LogP) is 2.64. The second-order valence-electron chi connectivity index (χ2n) is 7.87. The lowest BCUT2D eigenvalue weighted by Crippen LogP contribution is -2.50. The quantitative estimate of drug-likeness (QED) is 0.518. The van der Waals surface area contributed by atoms with E-state index in [-0.39, 0.29) is 41.9 Å². The molecule has 0 bridgehead atoms. The summed E-state index contributed by atoms with van der Waals surface area (Å²) in [4.78, 5) is 14.7. The van der Waals surface area contributed by atoms with E-state index in [1.54, 1.807) is 47.4 Å². The average Bonchev–Trinajstić information content (AvgIpc) is 2.89. The molecule has 1 aliphatic heterocycles. The number of benzene rings is 3. The van der Waals surface area contributed by atoms with Crippen molar-refractivity contribution in [3.05, 3.63) is 84.4 Å². The molecule has 3 aromatic carbocycles. The van der Waals surface area contributed by atoms with E-state index in [1.165, 1.54) is 47.8 Å². The Bertz CT molecular complexity index is 1380. The number of sulfonamides is 2. The molecule has 9 nitrogen and oxygen atoms in total. The summed E-state index contributed by atoms with van der Waals surface area (Å²) in [7, 11) is -5.97. The number of piperazine rings is 1. The number of methoxy groups -OCH3 is 1. The van der Waals surface area contributed by atoms with Crippen molar-refractivity contribution in [2.75, 3.05) is 38.0 Å². The molecule has 3 aromatic rings. The molecule has 0 atom stereocenters. The Kier molecular flexibility index (Phi) is 7.10. The number of hydrogen-bond donors (Lipinski definition) is 1. The summed E-state index contributed by atoms with van der Waals surface area (Å²) >= 11 is 0. The number of amides is 1. The minimum atomic E-state index is -3.79. The first-order valence-corrected chi connectivity index (χ1v) is 13.7. The average molecular weight is 516 g/mol. The highest BCUT2D eigenvalue weighted by Gasteiger charge is 2.30. The van der Waals surface area contributed by atoms with Crippen molar-refractivity contribution in [1.29, 1.82) is 0 Å². The molecular formula is C24H25N3O6S2. The lowest BCUT2D eigenvalue weighted by atomic mass is 10.2. The number of nitrogens with one attached hydrogen (secondary N) is 1. The van der Waals surface area contributed by atoms with Crippen LogP contribution in [0.2, 0.25) is 0 Å². The maximum atomic E-state index is 12.9. The molecule has 0 aromatic heterocycles. The smallest absolute Gasteiger partial charge is 0.261 e. The summed E-state index contributed by atoms with van der Waals surface area (Å²) in [5.74, 6) is 0.278. The van der Waals surface area contributed by atoms with Gasteiger partial charge in [-0.2, -0.15) is 4.31 Å². The minimum Gasteiger partial charge on any atom is -0.497 e. The molecule has 1 saturated heterocycles. The van der Waals surface area contributed by atoms with E-state index in [0.29, 0.717) is 17.0 Å². The monoisotopic (exact) mass is 515 g/mol. The highest BCUT2D eigenvalue weighted by molar-refractivity contribution is 7.92. The second-order valence-corrected chi connectivity index (χ2v) is 11.5. The Labute approximate surface area is 205 Å². The van der Waals surface area contributed by atoms with Crippen molar-refractivity contribution in [3.8, 4) is 5.75 Å². The van der Waals surface area contributed by atoms with Crippen LogP contribution in [0.3, 0.4) is 0 Å². The summed E-state index contributed by atoms with van der Waals surface area (Å²) in [6.07, 6.45) is 0. The van der Waals surface area contributed by atoms with Gasteiger partial charge in [-0.1, -0.05) is 18.2 Å². The number of nitrogens with zero attached hydrogens (tertiary/aromatic N) is 2. The van der Waals surface area contributed by atoms with Gasteiger partial charge in [0.05, 0.1) is 16.9 Å². The van der Waals surface area contributed by atoms with Gasteiger partial charge in [-0.3, -0.25) is 9.52 Å². The molecule has 1 amide bonds. The van der Waals surface area contributed by atoms with Crippen LogP contribution in [-0.2, 0) is 20.0 Å². The number of anilines is 1. The van der Waals surface area contributed by atoms with Gasteiger partial charge in [0.15, 0.2) is 0 Å². The van der Waals surface area contributed by atoms with E-state index in [1.807, 2.05) is 0 Å². The summed E-state index contributed by atoms with van der Waals surface area (Å²) in [6, 6.07) is 20.4. The van der Waals surface area contributed by atoms with Crippen molar-refractivity contribution < 1.29 is 26.4 Å². The Morgan fingerprint density at radius 2 is 1.34 bits per heavy atom. The fourth-order valence-corrected chi connectivity index (χ4v) is 6.19. The zero-order valence-electron chi connectivity index (χ0n) is 19.0. The molecule has 0 saturated carbocycles. The molecule has 1 aliphatic rings. The normalized spacial score (nSPS) is 14.9. The van der Waals surface area contributed by atoms with Gasteiger partial charge >= 0.3 is 0 Å². The van der Waals surface area contributed by atoms with Gasteiger partial charge in [-0.15, -0.1) is 0 Å². The van der Waals surface area contributed by atoms with Gasteiger partial charge in [-0.05, 0) is 60.7 Å². The van der Waals surface area contributed by atoms with E-state index >= 15 is 0 Å². The maximum Gasteiger partial charge on any atom is 0.261 e. The highest BCUT2D eigenvalue weighted by atomic mass is 32.2. The van der Waals surface area contributed by atoms with Crippen LogP contribution in [0, 0.1) is 0 Å². The zero-order valence-corrected chi connectivity index (χ0v) is 20.6. The summed E-state index contributed by atoms with van der Waals surface area (Å²) in [5, 5.41) is 0. The standard InChI is InChI=1S/C24H25N3O6S2/c1-33-21-9-13-23(14-10-21)35(31,32)27-17-15-26(16-18-27)24(28)19-7-11-22(12-8-19)34(29,30)25-20-5-3-2-4-6-20/h2-14,25H,15-18H2,1H3. The highest BCUT2D eigenvalue weighted by Crippen LogP contribution is 2.22. The first kappa shape index (κ1) is 24.7. The van der Waals surface area contributed by atoms with Crippen LogP contribution in [-0.4, -0.2) is 65.2 Å². The minimum absolute atomic E-state index is 0.0355.